The number of hydrogen-bond donors (Lipinski definition) is 1. The van der Waals surface area contributed by atoms with E-state index < -0.39 is 0 Å². The zero-order valence-corrected chi connectivity index (χ0v) is 12.3. The number of hydrogen-bond acceptors (Lipinski definition) is 4. The molecule has 0 atom stereocenters. The molecule has 2 nitrogen and oxygen atoms in total. The van der Waals surface area contributed by atoms with E-state index in [-0.39, 0.29) is 5.41 Å². The van der Waals surface area contributed by atoms with Gasteiger partial charge in [0, 0.05) is 27.8 Å². The first-order valence-electron chi connectivity index (χ1n) is 5.69. The Bertz CT molecular complexity index is 478. The Morgan fingerprint density at radius 3 is 2.65 bits per heavy atom. The van der Waals surface area contributed by atoms with Crippen molar-refractivity contribution in [2.45, 2.75) is 32.7 Å². The minimum absolute atomic E-state index is 0.108. The highest BCUT2D eigenvalue weighted by Gasteiger charge is 2.23. The van der Waals surface area contributed by atoms with Crippen molar-refractivity contribution >= 4 is 22.7 Å². The second kappa shape index (κ2) is 4.88. The molecule has 0 aliphatic rings. The fourth-order valence-electron chi connectivity index (χ4n) is 1.73. The van der Waals surface area contributed by atoms with Gasteiger partial charge < -0.3 is 5.32 Å². The molecule has 2 aromatic heterocycles. The number of rotatable bonds is 3. The van der Waals surface area contributed by atoms with Crippen LogP contribution in [0.4, 0.5) is 0 Å². The van der Waals surface area contributed by atoms with Crippen LogP contribution in [0, 0.1) is 0 Å². The molecule has 4 heteroatoms. The highest BCUT2D eigenvalue weighted by Crippen LogP contribution is 2.35. The number of nitrogens with one attached hydrogen (secondary N) is 1. The maximum atomic E-state index is 4.83. The van der Waals surface area contributed by atoms with Crippen LogP contribution in [-0.4, -0.2) is 12.0 Å². The molecular weight excluding hydrogens is 248 g/mol. The van der Waals surface area contributed by atoms with Gasteiger partial charge in [-0.1, -0.05) is 20.8 Å². The van der Waals surface area contributed by atoms with Crippen LogP contribution < -0.4 is 5.32 Å². The molecule has 17 heavy (non-hydrogen) atoms. The molecule has 2 aromatic rings. The fourth-order valence-corrected chi connectivity index (χ4v) is 3.72. The molecule has 0 saturated heterocycles. The van der Waals surface area contributed by atoms with Crippen LogP contribution in [0.2, 0.25) is 0 Å². The van der Waals surface area contributed by atoms with E-state index in [1.807, 2.05) is 7.05 Å². The highest BCUT2D eigenvalue weighted by molar-refractivity contribution is 7.15. The molecule has 0 amide bonds. The van der Waals surface area contributed by atoms with E-state index in [4.69, 9.17) is 4.98 Å². The molecule has 0 aliphatic carbocycles. The van der Waals surface area contributed by atoms with E-state index in [2.05, 4.69) is 42.9 Å². The van der Waals surface area contributed by atoms with Crippen LogP contribution in [0.3, 0.4) is 0 Å². The van der Waals surface area contributed by atoms with Crippen LogP contribution in [0.5, 0.6) is 0 Å². The summed E-state index contributed by atoms with van der Waals surface area (Å²) in [5, 5.41) is 8.63. The third-order valence-electron chi connectivity index (χ3n) is 2.51. The Morgan fingerprint density at radius 1 is 1.35 bits per heavy atom. The Hall–Kier alpha value is -0.710. The van der Waals surface area contributed by atoms with Crippen molar-refractivity contribution in [2.75, 3.05) is 7.05 Å². The largest absolute Gasteiger partial charge is 0.315 e. The summed E-state index contributed by atoms with van der Waals surface area (Å²) in [4.78, 5) is 6.18. The molecule has 1 N–H and O–H groups in total. The molecule has 2 heterocycles. The van der Waals surface area contributed by atoms with Crippen LogP contribution in [0.25, 0.3) is 10.6 Å². The van der Waals surface area contributed by atoms with Gasteiger partial charge in [-0.2, -0.15) is 11.3 Å². The maximum Gasteiger partial charge on any atom is 0.124 e. The van der Waals surface area contributed by atoms with Crippen molar-refractivity contribution < 1.29 is 0 Å². The van der Waals surface area contributed by atoms with Crippen molar-refractivity contribution in [3.8, 4) is 10.6 Å². The summed E-state index contributed by atoms with van der Waals surface area (Å²) in [5.74, 6) is 0. The van der Waals surface area contributed by atoms with Gasteiger partial charge in [0.05, 0.1) is 5.69 Å². The third-order valence-corrected chi connectivity index (χ3v) is 4.30. The van der Waals surface area contributed by atoms with E-state index in [1.54, 1.807) is 22.7 Å². The first kappa shape index (κ1) is 12.7. The standard InChI is InChI=1S/C13H18N2S2/c1-13(2,3)11-10(7-14-4)17-12(15-11)9-5-6-16-8-9/h5-6,8,14H,7H2,1-4H3. The molecule has 0 aliphatic heterocycles. The van der Waals surface area contributed by atoms with Gasteiger partial charge in [-0.15, -0.1) is 11.3 Å². The summed E-state index contributed by atoms with van der Waals surface area (Å²) in [7, 11) is 1.98. The van der Waals surface area contributed by atoms with Crippen molar-refractivity contribution in [1.82, 2.24) is 10.3 Å². The van der Waals surface area contributed by atoms with Crippen LogP contribution in [0.15, 0.2) is 16.8 Å². The monoisotopic (exact) mass is 266 g/mol. The zero-order chi connectivity index (χ0) is 12.5. The van der Waals surface area contributed by atoms with Crippen molar-refractivity contribution in [3.63, 3.8) is 0 Å². The third kappa shape index (κ3) is 2.76. The minimum atomic E-state index is 0.108. The van der Waals surface area contributed by atoms with Gasteiger partial charge >= 0.3 is 0 Å². The van der Waals surface area contributed by atoms with Crippen molar-refractivity contribution in [1.29, 1.82) is 0 Å². The van der Waals surface area contributed by atoms with Crippen LogP contribution in [0.1, 0.15) is 31.3 Å². The number of aromatic nitrogens is 1. The molecule has 0 radical (unpaired) electrons. The lowest BCUT2D eigenvalue weighted by atomic mass is 9.91. The molecule has 2 rings (SSSR count). The number of nitrogens with zero attached hydrogens (tertiary/aromatic N) is 1. The molecule has 0 aromatic carbocycles. The van der Waals surface area contributed by atoms with Gasteiger partial charge in [0.1, 0.15) is 5.01 Å². The Labute approximate surface area is 111 Å². The molecular formula is C13H18N2S2. The van der Waals surface area contributed by atoms with Crippen LogP contribution >= 0.6 is 22.7 Å². The smallest absolute Gasteiger partial charge is 0.124 e. The number of thiophene rings is 1. The summed E-state index contributed by atoms with van der Waals surface area (Å²) in [5.41, 5.74) is 2.57. The fraction of sp³-hybridized carbons (Fsp3) is 0.462. The SMILES string of the molecule is CNCc1sc(-c2ccsc2)nc1C(C)(C)C. The summed E-state index contributed by atoms with van der Waals surface area (Å²) in [6.45, 7) is 7.56. The predicted octanol–water partition coefficient (Wildman–Crippen LogP) is 3.89. The Morgan fingerprint density at radius 2 is 2.12 bits per heavy atom. The number of thiazole rings is 1. The molecule has 0 spiro atoms. The van der Waals surface area contributed by atoms with E-state index in [0.29, 0.717) is 0 Å². The molecule has 92 valence electrons. The summed E-state index contributed by atoms with van der Waals surface area (Å²) in [6.07, 6.45) is 0. The predicted molar refractivity (Wildman–Crippen MR) is 76.9 cm³/mol. The summed E-state index contributed by atoms with van der Waals surface area (Å²) >= 11 is 3.52. The Kier molecular flexibility index (Phi) is 3.66. The molecule has 0 saturated carbocycles. The Balaban J connectivity index is 2.45. The van der Waals surface area contributed by atoms with E-state index in [9.17, 15) is 0 Å². The second-order valence-corrected chi connectivity index (χ2v) is 6.95. The van der Waals surface area contributed by atoms with Crippen LogP contribution in [-0.2, 0) is 12.0 Å². The quantitative estimate of drug-likeness (QED) is 0.911. The van der Waals surface area contributed by atoms with E-state index >= 15 is 0 Å². The van der Waals surface area contributed by atoms with Gasteiger partial charge in [0.15, 0.2) is 0 Å². The average Bonchev–Trinajstić information content (AvgIpc) is 2.82. The van der Waals surface area contributed by atoms with Crippen molar-refractivity contribution in [2.24, 2.45) is 0 Å². The lowest BCUT2D eigenvalue weighted by Crippen LogP contribution is -2.16. The van der Waals surface area contributed by atoms with Gasteiger partial charge in [-0.05, 0) is 18.5 Å². The lowest BCUT2D eigenvalue weighted by molar-refractivity contribution is 0.563. The van der Waals surface area contributed by atoms with Gasteiger partial charge in [0.2, 0.25) is 0 Å². The highest BCUT2D eigenvalue weighted by atomic mass is 32.1. The van der Waals surface area contributed by atoms with Gasteiger partial charge in [-0.3, -0.25) is 0 Å². The summed E-state index contributed by atoms with van der Waals surface area (Å²) in [6, 6.07) is 2.14. The molecule has 0 unspecified atom stereocenters. The molecule has 0 bridgehead atoms. The van der Waals surface area contributed by atoms with Gasteiger partial charge in [0.25, 0.3) is 0 Å². The molecule has 0 fully saturated rings. The summed E-state index contributed by atoms with van der Waals surface area (Å²) < 4.78 is 0. The first-order valence-corrected chi connectivity index (χ1v) is 7.45. The zero-order valence-electron chi connectivity index (χ0n) is 10.7. The average molecular weight is 266 g/mol. The maximum absolute atomic E-state index is 4.83. The second-order valence-electron chi connectivity index (χ2n) is 5.08. The topological polar surface area (TPSA) is 24.9 Å². The van der Waals surface area contributed by atoms with Crippen molar-refractivity contribution in [3.05, 3.63) is 27.4 Å². The first-order chi connectivity index (χ1) is 8.02. The normalized spacial score (nSPS) is 12.0. The van der Waals surface area contributed by atoms with E-state index in [1.165, 1.54) is 16.1 Å². The van der Waals surface area contributed by atoms with E-state index in [0.717, 1.165) is 11.6 Å². The minimum Gasteiger partial charge on any atom is -0.315 e. The van der Waals surface area contributed by atoms with Gasteiger partial charge in [-0.25, -0.2) is 4.98 Å². The lowest BCUT2D eigenvalue weighted by Gasteiger charge is -2.17.